The second kappa shape index (κ2) is 8.01. The summed E-state index contributed by atoms with van der Waals surface area (Å²) in [6.45, 7) is 0.380. The van der Waals surface area contributed by atoms with E-state index in [0.29, 0.717) is 24.2 Å². The molecule has 1 aliphatic rings. The number of carbonyl (C=O) groups excluding carboxylic acids is 1. The van der Waals surface area contributed by atoms with Gasteiger partial charge in [0.15, 0.2) is 0 Å². The van der Waals surface area contributed by atoms with Crippen molar-refractivity contribution in [2.24, 2.45) is 0 Å². The molecule has 1 amide bonds. The Kier molecular flexibility index (Phi) is 5.27. The molecule has 6 heteroatoms. The Morgan fingerprint density at radius 2 is 1.86 bits per heavy atom. The van der Waals surface area contributed by atoms with E-state index in [-0.39, 0.29) is 18.4 Å². The van der Waals surface area contributed by atoms with Gasteiger partial charge in [0.1, 0.15) is 0 Å². The number of carbonyl (C=O) groups is 2. The summed E-state index contributed by atoms with van der Waals surface area (Å²) in [5.74, 6) is -1.11. The number of rotatable bonds is 5. The maximum Gasteiger partial charge on any atom is 0.305 e. The lowest BCUT2D eigenvalue weighted by molar-refractivity contribution is -0.137. The molecule has 2 unspecified atom stereocenters. The first-order valence-corrected chi connectivity index (χ1v) is 9.57. The van der Waals surface area contributed by atoms with Crippen molar-refractivity contribution in [2.75, 3.05) is 13.7 Å². The van der Waals surface area contributed by atoms with Gasteiger partial charge in [0.05, 0.1) is 29.3 Å². The number of aromatic nitrogens is 1. The van der Waals surface area contributed by atoms with E-state index in [9.17, 15) is 14.7 Å². The Bertz CT molecular complexity index is 1050. The number of carboxylic acid groups (broad SMARTS) is 1. The minimum atomic E-state index is -0.922. The van der Waals surface area contributed by atoms with E-state index in [0.717, 1.165) is 16.5 Å². The van der Waals surface area contributed by atoms with Crippen LogP contribution in [0.4, 0.5) is 0 Å². The number of pyridine rings is 1. The van der Waals surface area contributed by atoms with E-state index in [2.05, 4.69) is 0 Å². The van der Waals surface area contributed by atoms with E-state index in [4.69, 9.17) is 9.72 Å². The number of hydrogen-bond acceptors (Lipinski definition) is 4. The average molecular weight is 390 g/mol. The Hall–Kier alpha value is -3.25. The fraction of sp³-hybridized carbons (Fsp3) is 0.261. The van der Waals surface area contributed by atoms with Crippen LogP contribution in [0, 0.1) is 0 Å². The van der Waals surface area contributed by atoms with Gasteiger partial charge in [-0.05, 0) is 18.6 Å². The monoisotopic (exact) mass is 390 g/mol. The van der Waals surface area contributed by atoms with Crippen LogP contribution in [0.5, 0.6) is 0 Å². The summed E-state index contributed by atoms with van der Waals surface area (Å²) in [4.78, 5) is 31.2. The van der Waals surface area contributed by atoms with Crippen molar-refractivity contribution < 1.29 is 19.4 Å². The van der Waals surface area contributed by atoms with Crippen LogP contribution in [0.15, 0.2) is 60.7 Å². The molecule has 1 aliphatic heterocycles. The number of methoxy groups -OCH3 is 1. The molecule has 4 rings (SSSR count). The third-order valence-electron chi connectivity index (χ3n) is 5.40. The first kappa shape index (κ1) is 19.1. The smallest absolute Gasteiger partial charge is 0.305 e. The molecule has 2 heterocycles. The Labute approximate surface area is 168 Å². The van der Waals surface area contributed by atoms with Gasteiger partial charge in [0.25, 0.3) is 5.91 Å². The Morgan fingerprint density at radius 3 is 2.59 bits per heavy atom. The quantitative estimate of drug-likeness (QED) is 0.720. The highest BCUT2D eigenvalue weighted by atomic mass is 16.5. The number of nitrogens with zero attached hydrogens (tertiary/aromatic N) is 2. The van der Waals surface area contributed by atoms with Gasteiger partial charge in [-0.2, -0.15) is 0 Å². The summed E-state index contributed by atoms with van der Waals surface area (Å²) in [6.07, 6.45) is 0.258. The Balaban J connectivity index is 1.79. The van der Waals surface area contributed by atoms with Crippen LogP contribution in [0.25, 0.3) is 22.2 Å². The topological polar surface area (TPSA) is 79.7 Å². The minimum Gasteiger partial charge on any atom is -0.481 e. The predicted octanol–water partition coefficient (Wildman–Crippen LogP) is 3.61. The van der Waals surface area contributed by atoms with Gasteiger partial charge in [-0.3, -0.25) is 9.59 Å². The number of carboxylic acids is 1. The number of para-hydroxylation sites is 1. The molecule has 29 heavy (non-hydrogen) atoms. The second-order valence-corrected chi connectivity index (χ2v) is 7.24. The van der Waals surface area contributed by atoms with Crippen molar-refractivity contribution in [3.05, 3.63) is 66.2 Å². The third-order valence-corrected chi connectivity index (χ3v) is 5.40. The summed E-state index contributed by atoms with van der Waals surface area (Å²) >= 11 is 0. The lowest BCUT2D eigenvalue weighted by atomic mass is 10.0. The van der Waals surface area contributed by atoms with Gasteiger partial charge in [0.2, 0.25) is 0 Å². The Morgan fingerprint density at radius 1 is 1.14 bits per heavy atom. The highest BCUT2D eigenvalue weighted by Gasteiger charge is 2.37. The van der Waals surface area contributed by atoms with E-state index in [1.165, 1.54) is 0 Å². The molecule has 0 aliphatic carbocycles. The molecular weight excluding hydrogens is 368 g/mol. The van der Waals surface area contributed by atoms with Crippen molar-refractivity contribution in [2.45, 2.75) is 25.0 Å². The van der Waals surface area contributed by atoms with Gasteiger partial charge in [-0.25, -0.2) is 4.98 Å². The van der Waals surface area contributed by atoms with Crippen LogP contribution in [0.3, 0.4) is 0 Å². The summed E-state index contributed by atoms with van der Waals surface area (Å²) in [5, 5.41) is 10.0. The number of benzene rings is 2. The van der Waals surface area contributed by atoms with Crippen molar-refractivity contribution in [1.29, 1.82) is 0 Å². The molecule has 2 atom stereocenters. The maximum atomic E-state index is 13.5. The normalized spacial score (nSPS) is 18.9. The molecule has 1 fully saturated rings. The number of aliphatic carboxylic acids is 1. The number of hydrogen-bond donors (Lipinski definition) is 1. The van der Waals surface area contributed by atoms with Crippen molar-refractivity contribution >= 4 is 22.8 Å². The largest absolute Gasteiger partial charge is 0.481 e. The molecule has 0 bridgehead atoms. The van der Waals surface area contributed by atoms with Crippen LogP contribution in [0.2, 0.25) is 0 Å². The summed E-state index contributed by atoms with van der Waals surface area (Å²) in [6, 6.07) is 18.6. The van der Waals surface area contributed by atoms with Crippen molar-refractivity contribution in [1.82, 2.24) is 9.88 Å². The first-order chi connectivity index (χ1) is 14.1. The number of likely N-dealkylation sites (tertiary alicyclic amines) is 1. The van der Waals surface area contributed by atoms with Crippen LogP contribution in [-0.4, -0.2) is 52.7 Å². The van der Waals surface area contributed by atoms with E-state index in [1.54, 1.807) is 18.1 Å². The SMILES string of the molecule is COC1CC(CC(=O)O)N(C(=O)c2cc(-c3ccccc3)nc3ccccc23)C1. The molecule has 0 saturated carbocycles. The summed E-state index contributed by atoms with van der Waals surface area (Å²) in [7, 11) is 1.59. The molecule has 0 radical (unpaired) electrons. The van der Waals surface area contributed by atoms with Crippen molar-refractivity contribution in [3.63, 3.8) is 0 Å². The van der Waals surface area contributed by atoms with E-state index in [1.807, 2.05) is 54.6 Å². The van der Waals surface area contributed by atoms with Crippen LogP contribution in [0.1, 0.15) is 23.2 Å². The zero-order chi connectivity index (χ0) is 20.4. The molecule has 1 aromatic heterocycles. The number of ether oxygens (including phenoxy) is 1. The van der Waals surface area contributed by atoms with Crippen LogP contribution >= 0.6 is 0 Å². The predicted molar refractivity (Wildman–Crippen MR) is 110 cm³/mol. The zero-order valence-electron chi connectivity index (χ0n) is 16.1. The highest BCUT2D eigenvalue weighted by Crippen LogP contribution is 2.29. The van der Waals surface area contributed by atoms with Crippen molar-refractivity contribution in [3.8, 4) is 11.3 Å². The first-order valence-electron chi connectivity index (χ1n) is 9.57. The zero-order valence-corrected chi connectivity index (χ0v) is 16.1. The summed E-state index contributed by atoms with van der Waals surface area (Å²) < 4.78 is 5.42. The van der Waals surface area contributed by atoms with E-state index >= 15 is 0 Å². The average Bonchev–Trinajstić information content (AvgIpc) is 3.15. The van der Waals surface area contributed by atoms with Gasteiger partial charge in [-0.1, -0.05) is 48.5 Å². The molecular formula is C23H22N2O4. The number of amides is 1. The fourth-order valence-electron chi connectivity index (χ4n) is 3.95. The molecule has 6 nitrogen and oxygen atoms in total. The molecule has 148 valence electrons. The lowest BCUT2D eigenvalue weighted by Gasteiger charge is -2.24. The molecule has 1 N–H and O–H groups in total. The van der Waals surface area contributed by atoms with Gasteiger partial charge < -0.3 is 14.7 Å². The molecule has 2 aromatic carbocycles. The second-order valence-electron chi connectivity index (χ2n) is 7.24. The van der Waals surface area contributed by atoms with Gasteiger partial charge in [-0.15, -0.1) is 0 Å². The van der Waals surface area contributed by atoms with Crippen LogP contribution in [-0.2, 0) is 9.53 Å². The highest BCUT2D eigenvalue weighted by molar-refractivity contribution is 6.07. The molecule has 0 spiro atoms. The molecule has 1 saturated heterocycles. The van der Waals surface area contributed by atoms with Gasteiger partial charge in [0, 0.05) is 30.6 Å². The number of fused-ring (bicyclic) bond motifs is 1. The minimum absolute atomic E-state index is 0.0971. The maximum absolute atomic E-state index is 13.5. The third kappa shape index (κ3) is 3.84. The lowest BCUT2D eigenvalue weighted by Crippen LogP contribution is -2.37. The standard InChI is InChI=1S/C23H22N2O4/c1-29-17-11-16(12-22(26)27)25(14-17)23(28)19-13-21(15-7-3-2-4-8-15)24-20-10-6-5-9-18(19)20/h2-10,13,16-17H,11-12,14H2,1H3,(H,26,27). The van der Waals surface area contributed by atoms with E-state index < -0.39 is 12.0 Å². The van der Waals surface area contributed by atoms with Gasteiger partial charge >= 0.3 is 5.97 Å². The fourth-order valence-corrected chi connectivity index (χ4v) is 3.95. The summed E-state index contributed by atoms with van der Waals surface area (Å²) in [5.41, 5.74) is 2.89. The molecule has 3 aromatic rings. The van der Waals surface area contributed by atoms with Crippen LogP contribution < -0.4 is 0 Å².